The number of hydrogen-bond donors (Lipinski definition) is 1. The Morgan fingerprint density at radius 3 is 2.41 bits per heavy atom. The van der Waals surface area contributed by atoms with E-state index in [1.807, 2.05) is 0 Å². The number of fused-ring (bicyclic) bond motifs is 1. The van der Waals surface area contributed by atoms with Gasteiger partial charge in [0.05, 0.1) is 8.07 Å². The van der Waals surface area contributed by atoms with E-state index in [4.69, 9.17) is 0 Å². The van der Waals surface area contributed by atoms with Crippen LogP contribution in [0.3, 0.4) is 0 Å². The van der Waals surface area contributed by atoms with E-state index in [1.165, 1.54) is 5.19 Å². The lowest BCUT2D eigenvalue weighted by molar-refractivity contribution is 0.729. The first kappa shape index (κ1) is 12.8. The van der Waals surface area contributed by atoms with Crippen molar-refractivity contribution in [1.29, 1.82) is 0 Å². The maximum atomic E-state index is 4.21. The van der Waals surface area contributed by atoms with Gasteiger partial charge >= 0.3 is 0 Å². The molecule has 17 heavy (non-hydrogen) atoms. The molecule has 0 saturated heterocycles. The highest BCUT2D eigenvalue weighted by Crippen LogP contribution is 2.37. The third kappa shape index (κ3) is 1.95. The second-order valence-electron chi connectivity index (χ2n) is 5.99. The molecular weight excluding hydrogens is 294 g/mol. The number of nitrogens with zero attached hydrogens (tertiary/aromatic N) is 2. The van der Waals surface area contributed by atoms with Crippen molar-refractivity contribution in [3.63, 3.8) is 0 Å². The average molecular weight is 312 g/mol. The molecule has 0 radical (unpaired) electrons. The Kier molecular flexibility index (Phi) is 2.94. The molecule has 5 heteroatoms. The highest BCUT2D eigenvalue weighted by Gasteiger charge is 2.38. The molecule has 0 fully saturated rings. The minimum absolute atomic E-state index is 0.312. The van der Waals surface area contributed by atoms with Crippen molar-refractivity contribution in [2.75, 3.05) is 0 Å². The molecule has 1 aromatic heterocycles. The summed E-state index contributed by atoms with van der Waals surface area (Å²) in [5.41, 5.74) is 1.85. The maximum absolute atomic E-state index is 4.21. The normalized spacial score (nSPS) is 13.3. The highest BCUT2D eigenvalue weighted by molar-refractivity contribution is 9.10. The molecule has 2 rings (SSSR count). The van der Waals surface area contributed by atoms with Crippen LogP contribution < -0.4 is 5.19 Å². The predicted octanol–water partition coefficient (Wildman–Crippen LogP) is 3.44. The number of halogens is 1. The van der Waals surface area contributed by atoms with Gasteiger partial charge in [0, 0.05) is 4.47 Å². The molecule has 0 amide bonds. The third-order valence-electron chi connectivity index (χ3n) is 3.98. The number of benzene rings is 1. The molecule has 0 spiro atoms. The van der Waals surface area contributed by atoms with Gasteiger partial charge < -0.3 is 0 Å². The van der Waals surface area contributed by atoms with Crippen LogP contribution in [0.4, 0.5) is 0 Å². The Balaban J connectivity index is 2.67. The summed E-state index contributed by atoms with van der Waals surface area (Å²) >= 11 is 3.70. The van der Waals surface area contributed by atoms with Gasteiger partial charge in [0.25, 0.3) is 0 Å². The van der Waals surface area contributed by atoms with Crippen molar-refractivity contribution in [3.8, 4) is 0 Å². The summed E-state index contributed by atoms with van der Waals surface area (Å²) in [6, 6.07) is 4.26. The van der Waals surface area contributed by atoms with E-state index in [0.717, 1.165) is 15.5 Å². The van der Waals surface area contributed by atoms with Crippen molar-refractivity contribution in [2.24, 2.45) is 0 Å². The van der Waals surface area contributed by atoms with Crippen molar-refractivity contribution >= 4 is 40.2 Å². The standard InChI is InChI=1S/C12H18BrN3Si/c1-12(2,3)17(4,5)9-7-6-8-11(10(9)13)15-16-14-8/h6-7H,1-5H3,(H,14,15,16). The van der Waals surface area contributed by atoms with Gasteiger partial charge in [-0.3, -0.25) is 0 Å². The van der Waals surface area contributed by atoms with Crippen LogP contribution in [0.1, 0.15) is 20.8 Å². The van der Waals surface area contributed by atoms with Gasteiger partial charge in [-0.25, -0.2) is 0 Å². The van der Waals surface area contributed by atoms with E-state index < -0.39 is 8.07 Å². The molecule has 0 bridgehead atoms. The van der Waals surface area contributed by atoms with Gasteiger partial charge in [-0.1, -0.05) is 39.9 Å². The summed E-state index contributed by atoms with van der Waals surface area (Å²) in [5.74, 6) is 0. The highest BCUT2D eigenvalue weighted by atomic mass is 79.9. The Morgan fingerprint density at radius 2 is 1.82 bits per heavy atom. The Bertz CT molecular complexity index is 554. The van der Waals surface area contributed by atoms with Crippen LogP contribution in [0, 0.1) is 0 Å². The number of aromatic amines is 1. The average Bonchev–Trinajstić information content (AvgIpc) is 2.64. The molecule has 0 unspecified atom stereocenters. The van der Waals surface area contributed by atoms with Crippen LogP contribution in [0.5, 0.6) is 0 Å². The monoisotopic (exact) mass is 311 g/mol. The number of H-pyrrole nitrogens is 1. The minimum atomic E-state index is -1.54. The van der Waals surface area contributed by atoms with Gasteiger partial charge in [0.2, 0.25) is 0 Å². The van der Waals surface area contributed by atoms with E-state index in [0.29, 0.717) is 5.04 Å². The zero-order chi connectivity index (χ0) is 12.8. The predicted molar refractivity (Wildman–Crippen MR) is 78.4 cm³/mol. The first-order chi connectivity index (χ1) is 7.75. The number of aromatic nitrogens is 3. The van der Waals surface area contributed by atoms with E-state index in [9.17, 15) is 0 Å². The number of rotatable bonds is 1. The summed E-state index contributed by atoms with van der Waals surface area (Å²) in [7, 11) is -1.54. The molecule has 92 valence electrons. The fourth-order valence-corrected chi connectivity index (χ4v) is 5.65. The van der Waals surface area contributed by atoms with Crippen molar-refractivity contribution in [1.82, 2.24) is 15.4 Å². The Labute approximate surface area is 111 Å². The van der Waals surface area contributed by atoms with Gasteiger partial charge in [0.15, 0.2) is 0 Å². The van der Waals surface area contributed by atoms with Crippen LogP contribution in [-0.2, 0) is 0 Å². The molecular formula is C12H18BrN3Si. The van der Waals surface area contributed by atoms with Crippen LogP contribution in [0.15, 0.2) is 16.6 Å². The number of hydrogen-bond acceptors (Lipinski definition) is 2. The van der Waals surface area contributed by atoms with Crippen LogP contribution >= 0.6 is 15.9 Å². The van der Waals surface area contributed by atoms with Crippen LogP contribution in [0.25, 0.3) is 11.0 Å². The van der Waals surface area contributed by atoms with E-state index >= 15 is 0 Å². The zero-order valence-corrected chi connectivity index (χ0v) is 13.5. The lowest BCUT2D eigenvalue weighted by Crippen LogP contribution is -2.50. The smallest absolute Gasteiger partial charge is 0.127 e. The third-order valence-corrected chi connectivity index (χ3v) is 10.7. The van der Waals surface area contributed by atoms with Crippen LogP contribution in [0.2, 0.25) is 18.1 Å². The number of nitrogens with one attached hydrogen (secondary N) is 1. The summed E-state index contributed by atoms with van der Waals surface area (Å²) in [4.78, 5) is 0. The van der Waals surface area contributed by atoms with E-state index in [-0.39, 0.29) is 0 Å². The van der Waals surface area contributed by atoms with Gasteiger partial charge in [0.1, 0.15) is 11.0 Å². The van der Waals surface area contributed by atoms with E-state index in [2.05, 4.69) is 77.3 Å². The summed E-state index contributed by atoms with van der Waals surface area (Å²) in [6.07, 6.45) is 0. The molecule has 0 aliphatic rings. The van der Waals surface area contributed by atoms with Crippen molar-refractivity contribution in [3.05, 3.63) is 16.6 Å². The lowest BCUT2D eigenvalue weighted by atomic mass is 10.2. The van der Waals surface area contributed by atoms with Gasteiger partial charge in [-0.05, 0) is 32.2 Å². The van der Waals surface area contributed by atoms with Gasteiger partial charge in [-0.15, -0.1) is 0 Å². The summed E-state index contributed by atoms with van der Waals surface area (Å²) in [5, 5.41) is 12.7. The quantitative estimate of drug-likeness (QED) is 0.820. The second-order valence-corrected chi connectivity index (χ2v) is 12.1. The largest absolute Gasteiger partial charge is 0.197 e. The minimum Gasteiger partial charge on any atom is -0.197 e. The molecule has 3 nitrogen and oxygen atoms in total. The topological polar surface area (TPSA) is 41.6 Å². The lowest BCUT2D eigenvalue weighted by Gasteiger charge is -2.38. The fourth-order valence-electron chi connectivity index (χ4n) is 1.77. The molecule has 1 aromatic carbocycles. The molecule has 0 saturated carbocycles. The van der Waals surface area contributed by atoms with Gasteiger partial charge in [-0.2, -0.15) is 15.4 Å². The molecule has 0 aliphatic heterocycles. The van der Waals surface area contributed by atoms with Crippen molar-refractivity contribution < 1.29 is 0 Å². The first-order valence-electron chi connectivity index (χ1n) is 5.74. The maximum Gasteiger partial charge on any atom is 0.127 e. The SMILES string of the molecule is CC(C)(C)[Si](C)(C)c1ccc2n[nH]nc2c1Br. The molecule has 0 aliphatic carbocycles. The molecule has 1 N–H and O–H groups in total. The molecule has 1 heterocycles. The summed E-state index contributed by atoms with van der Waals surface area (Å²) in [6.45, 7) is 11.8. The van der Waals surface area contributed by atoms with Crippen LogP contribution in [-0.4, -0.2) is 23.5 Å². The Morgan fingerprint density at radius 1 is 1.18 bits per heavy atom. The molecule has 0 atom stereocenters. The summed E-state index contributed by atoms with van der Waals surface area (Å²) < 4.78 is 1.11. The zero-order valence-electron chi connectivity index (χ0n) is 10.9. The second kappa shape index (κ2) is 3.92. The Hall–Kier alpha value is -0.683. The molecule has 2 aromatic rings. The van der Waals surface area contributed by atoms with Crippen molar-refractivity contribution in [2.45, 2.75) is 38.9 Å². The van der Waals surface area contributed by atoms with E-state index in [1.54, 1.807) is 0 Å². The first-order valence-corrected chi connectivity index (χ1v) is 9.54. The fraction of sp³-hybridized carbons (Fsp3) is 0.500.